The van der Waals surface area contributed by atoms with Crippen molar-refractivity contribution in [2.45, 2.75) is 12.5 Å². The number of benzene rings is 2. The van der Waals surface area contributed by atoms with Gasteiger partial charge in [-0.15, -0.1) is 0 Å². The van der Waals surface area contributed by atoms with E-state index in [0.717, 1.165) is 0 Å². The number of fused-ring (bicyclic) bond motifs is 1. The number of hydrogen-bond acceptors (Lipinski definition) is 5. The van der Waals surface area contributed by atoms with Gasteiger partial charge in [0, 0.05) is 17.3 Å². The molecular weight excluding hydrogens is 336 g/mol. The molecule has 122 valence electrons. The first-order valence-corrected chi connectivity index (χ1v) is 7.37. The van der Waals surface area contributed by atoms with Gasteiger partial charge in [0.25, 0.3) is 5.69 Å². The number of nitrogens with zero attached hydrogens (tertiary/aromatic N) is 1. The number of halogens is 1. The molecule has 0 radical (unpaired) electrons. The predicted molar refractivity (Wildman–Crippen MR) is 86.0 cm³/mol. The standard InChI is InChI=1S/C16H11ClN2O5/c17-12-7-9(5-6-13(12)19(22)23)18-15(20)8-14-10-3-1-2-4-11(10)16(21)24-14/h1-7,14H,8H2,(H,18,20)/t14-/m1/s1. The molecule has 0 aromatic heterocycles. The second-order valence-corrected chi connectivity index (χ2v) is 5.56. The average molecular weight is 347 g/mol. The monoisotopic (exact) mass is 346 g/mol. The van der Waals surface area contributed by atoms with Crippen molar-refractivity contribution in [3.05, 3.63) is 68.7 Å². The average Bonchev–Trinajstić information content (AvgIpc) is 2.83. The molecule has 0 unspecified atom stereocenters. The Morgan fingerprint density at radius 2 is 2.04 bits per heavy atom. The highest BCUT2D eigenvalue weighted by atomic mass is 35.5. The SMILES string of the molecule is O=C(C[C@H]1OC(=O)c2ccccc21)Nc1ccc([N+](=O)[O-])c(Cl)c1. The summed E-state index contributed by atoms with van der Waals surface area (Å²) in [5.74, 6) is -0.851. The number of ether oxygens (including phenoxy) is 1. The maximum Gasteiger partial charge on any atom is 0.339 e. The summed E-state index contributed by atoms with van der Waals surface area (Å²) in [6.07, 6.45) is -0.709. The van der Waals surface area contributed by atoms with Crippen molar-refractivity contribution in [3.63, 3.8) is 0 Å². The van der Waals surface area contributed by atoms with Gasteiger partial charge in [-0.3, -0.25) is 14.9 Å². The second kappa shape index (κ2) is 6.29. The lowest BCUT2D eigenvalue weighted by Crippen LogP contribution is -2.15. The molecule has 1 heterocycles. The number of hydrogen-bond donors (Lipinski definition) is 1. The quantitative estimate of drug-likeness (QED) is 0.519. The number of nitro benzene ring substituents is 1. The zero-order valence-corrected chi connectivity index (χ0v) is 12.9. The summed E-state index contributed by atoms with van der Waals surface area (Å²) in [6, 6.07) is 10.8. The van der Waals surface area contributed by atoms with Crippen LogP contribution >= 0.6 is 11.6 Å². The van der Waals surface area contributed by atoms with Crippen molar-refractivity contribution in [3.8, 4) is 0 Å². The molecule has 3 rings (SSSR count). The smallest absolute Gasteiger partial charge is 0.339 e. The van der Waals surface area contributed by atoms with E-state index in [9.17, 15) is 19.7 Å². The Morgan fingerprint density at radius 1 is 1.29 bits per heavy atom. The van der Waals surface area contributed by atoms with Crippen LogP contribution in [0.15, 0.2) is 42.5 Å². The van der Waals surface area contributed by atoms with E-state index in [0.29, 0.717) is 16.8 Å². The van der Waals surface area contributed by atoms with Gasteiger partial charge in [-0.1, -0.05) is 29.8 Å². The molecule has 1 amide bonds. The normalized spacial score (nSPS) is 15.5. The molecule has 2 aromatic rings. The molecule has 1 N–H and O–H groups in total. The Kier molecular flexibility index (Phi) is 4.18. The lowest BCUT2D eigenvalue weighted by Gasteiger charge is -2.11. The van der Waals surface area contributed by atoms with Gasteiger partial charge in [0.2, 0.25) is 5.91 Å². The van der Waals surface area contributed by atoms with E-state index in [1.165, 1.54) is 18.2 Å². The lowest BCUT2D eigenvalue weighted by molar-refractivity contribution is -0.384. The van der Waals surface area contributed by atoms with Gasteiger partial charge in [-0.05, 0) is 18.2 Å². The van der Waals surface area contributed by atoms with Gasteiger partial charge in [-0.25, -0.2) is 4.79 Å². The van der Waals surface area contributed by atoms with E-state index in [2.05, 4.69) is 5.32 Å². The van der Waals surface area contributed by atoms with Crippen LogP contribution in [0.5, 0.6) is 0 Å². The summed E-state index contributed by atoms with van der Waals surface area (Å²) >= 11 is 5.80. The Labute approximate surface area is 141 Å². The Bertz CT molecular complexity index is 852. The van der Waals surface area contributed by atoms with Crippen molar-refractivity contribution in [1.29, 1.82) is 0 Å². The Balaban J connectivity index is 1.70. The molecule has 0 aliphatic carbocycles. The molecule has 0 fully saturated rings. The van der Waals surface area contributed by atoms with Crippen molar-refractivity contribution >= 4 is 34.9 Å². The van der Waals surface area contributed by atoms with Crippen molar-refractivity contribution < 1.29 is 19.2 Å². The Morgan fingerprint density at radius 3 is 2.75 bits per heavy atom. The fraction of sp³-hybridized carbons (Fsp3) is 0.125. The fourth-order valence-electron chi connectivity index (χ4n) is 2.48. The minimum absolute atomic E-state index is 0.0582. The molecule has 0 spiro atoms. The van der Waals surface area contributed by atoms with E-state index < -0.39 is 22.9 Å². The van der Waals surface area contributed by atoms with Crippen LogP contribution in [-0.2, 0) is 9.53 Å². The van der Waals surface area contributed by atoms with Crippen LogP contribution in [0.2, 0.25) is 5.02 Å². The summed E-state index contributed by atoms with van der Waals surface area (Å²) in [6.45, 7) is 0. The summed E-state index contributed by atoms with van der Waals surface area (Å²) in [5, 5.41) is 13.2. The van der Waals surface area contributed by atoms with Crippen LogP contribution in [0.3, 0.4) is 0 Å². The summed E-state index contributed by atoms with van der Waals surface area (Å²) in [7, 11) is 0. The van der Waals surface area contributed by atoms with Crippen LogP contribution in [0, 0.1) is 10.1 Å². The van der Waals surface area contributed by atoms with Crippen molar-refractivity contribution in [2.24, 2.45) is 0 Å². The summed E-state index contributed by atoms with van der Waals surface area (Å²) < 4.78 is 5.20. The molecule has 0 bridgehead atoms. The van der Waals surface area contributed by atoms with Crippen LogP contribution in [0.25, 0.3) is 0 Å². The molecule has 24 heavy (non-hydrogen) atoms. The van der Waals surface area contributed by atoms with Crippen molar-refractivity contribution in [1.82, 2.24) is 0 Å². The number of amides is 1. The minimum atomic E-state index is -0.651. The first kappa shape index (κ1) is 15.9. The zero-order chi connectivity index (χ0) is 17.3. The molecule has 1 aliphatic heterocycles. The molecule has 1 atom stereocenters. The maximum atomic E-state index is 12.1. The number of rotatable bonds is 4. The predicted octanol–water partition coefficient (Wildman–Crippen LogP) is 3.49. The van der Waals surface area contributed by atoms with Crippen LogP contribution < -0.4 is 5.32 Å². The first-order chi connectivity index (χ1) is 11.5. The third-order valence-electron chi connectivity index (χ3n) is 3.58. The number of anilines is 1. The third-order valence-corrected chi connectivity index (χ3v) is 3.88. The molecular formula is C16H11ClN2O5. The van der Waals surface area contributed by atoms with Crippen LogP contribution in [0.4, 0.5) is 11.4 Å². The highest BCUT2D eigenvalue weighted by molar-refractivity contribution is 6.33. The topological polar surface area (TPSA) is 98.5 Å². The van der Waals surface area contributed by atoms with Gasteiger partial charge in [0.1, 0.15) is 11.1 Å². The van der Waals surface area contributed by atoms with Gasteiger partial charge in [-0.2, -0.15) is 0 Å². The number of nitrogens with one attached hydrogen (secondary N) is 1. The zero-order valence-electron chi connectivity index (χ0n) is 12.2. The van der Waals surface area contributed by atoms with E-state index in [1.807, 2.05) is 0 Å². The van der Waals surface area contributed by atoms with E-state index in [4.69, 9.17) is 16.3 Å². The molecule has 8 heteroatoms. The maximum absolute atomic E-state index is 12.1. The lowest BCUT2D eigenvalue weighted by atomic mass is 10.0. The van der Waals surface area contributed by atoms with E-state index >= 15 is 0 Å². The molecule has 1 aliphatic rings. The first-order valence-electron chi connectivity index (χ1n) is 6.99. The second-order valence-electron chi connectivity index (χ2n) is 5.16. The summed E-state index contributed by atoms with van der Waals surface area (Å²) in [5.41, 5.74) is 1.20. The fourth-order valence-corrected chi connectivity index (χ4v) is 2.73. The number of cyclic esters (lactones) is 1. The molecule has 0 saturated carbocycles. The number of carbonyl (C=O) groups excluding carboxylic acids is 2. The highest BCUT2D eigenvalue weighted by Crippen LogP contribution is 2.33. The third kappa shape index (κ3) is 3.07. The number of carbonyl (C=O) groups is 2. The summed E-state index contributed by atoms with van der Waals surface area (Å²) in [4.78, 5) is 34.0. The van der Waals surface area contributed by atoms with Gasteiger partial charge in [0.05, 0.1) is 16.9 Å². The largest absolute Gasteiger partial charge is 0.453 e. The molecule has 7 nitrogen and oxygen atoms in total. The van der Waals surface area contributed by atoms with Gasteiger partial charge in [0.15, 0.2) is 0 Å². The van der Waals surface area contributed by atoms with Crippen LogP contribution in [0.1, 0.15) is 28.4 Å². The van der Waals surface area contributed by atoms with E-state index in [1.54, 1.807) is 24.3 Å². The minimum Gasteiger partial charge on any atom is -0.453 e. The van der Waals surface area contributed by atoms with Gasteiger partial charge < -0.3 is 10.1 Å². The molecule has 2 aromatic carbocycles. The Hall–Kier alpha value is -2.93. The van der Waals surface area contributed by atoms with Crippen LogP contribution in [-0.4, -0.2) is 16.8 Å². The number of esters is 1. The van der Waals surface area contributed by atoms with Gasteiger partial charge >= 0.3 is 5.97 Å². The number of nitro groups is 1. The van der Waals surface area contributed by atoms with E-state index in [-0.39, 0.29) is 17.1 Å². The highest BCUT2D eigenvalue weighted by Gasteiger charge is 2.32. The molecule has 0 saturated heterocycles. The van der Waals surface area contributed by atoms with Crippen molar-refractivity contribution in [2.75, 3.05) is 5.32 Å².